The largest absolute Gasteiger partial charge is 0.379 e. The highest BCUT2D eigenvalue weighted by molar-refractivity contribution is 5.76. The monoisotopic (exact) mass is 271 g/mol. The van der Waals surface area contributed by atoms with Crippen LogP contribution < -0.4 is 5.32 Å². The summed E-state index contributed by atoms with van der Waals surface area (Å²) in [5.41, 5.74) is 2.41. The number of benzene rings is 1. The molecular weight excluding hydrogens is 250 g/mol. The fourth-order valence-corrected chi connectivity index (χ4v) is 3.31. The second kappa shape index (κ2) is 4.86. The van der Waals surface area contributed by atoms with Crippen LogP contribution in [0.25, 0.3) is 11.0 Å². The number of hydrogen-bond acceptors (Lipinski definition) is 3. The molecule has 20 heavy (non-hydrogen) atoms. The van der Waals surface area contributed by atoms with E-state index in [2.05, 4.69) is 41.1 Å². The molecule has 2 aliphatic rings. The summed E-state index contributed by atoms with van der Waals surface area (Å²) in [5.74, 6) is 1.60. The molecule has 2 heterocycles. The first-order valence-corrected chi connectivity index (χ1v) is 7.66. The van der Waals surface area contributed by atoms with Crippen LogP contribution in [0.4, 0.5) is 0 Å². The second-order valence-electron chi connectivity index (χ2n) is 5.87. The Morgan fingerprint density at radius 2 is 2.15 bits per heavy atom. The summed E-state index contributed by atoms with van der Waals surface area (Å²) in [6, 6.07) is 9.55. The highest BCUT2D eigenvalue weighted by Gasteiger charge is 2.36. The Hall–Kier alpha value is -1.39. The first-order valence-electron chi connectivity index (χ1n) is 7.66. The van der Waals surface area contributed by atoms with E-state index in [1.54, 1.807) is 0 Å². The molecule has 1 aromatic carbocycles. The van der Waals surface area contributed by atoms with Crippen molar-refractivity contribution >= 4 is 11.0 Å². The lowest BCUT2D eigenvalue weighted by molar-refractivity contribution is 0.187. The van der Waals surface area contributed by atoms with Gasteiger partial charge in [0.05, 0.1) is 30.2 Å². The molecule has 0 radical (unpaired) electrons. The molecule has 4 nitrogen and oxygen atoms in total. The zero-order chi connectivity index (χ0) is 13.5. The van der Waals surface area contributed by atoms with Gasteiger partial charge in [0, 0.05) is 12.1 Å². The Labute approximate surface area is 119 Å². The lowest BCUT2D eigenvalue weighted by atomic mass is 10.0. The first kappa shape index (κ1) is 12.4. The predicted molar refractivity (Wildman–Crippen MR) is 79.0 cm³/mol. The van der Waals surface area contributed by atoms with Gasteiger partial charge in [-0.3, -0.25) is 0 Å². The SMILES string of the molecule is CCNC1COCC1c1nc2ccccc2n1C1CC1. The molecule has 1 N–H and O–H groups in total. The van der Waals surface area contributed by atoms with Crippen LogP contribution in [0.5, 0.6) is 0 Å². The van der Waals surface area contributed by atoms with E-state index in [0.717, 1.165) is 25.3 Å². The number of para-hydroxylation sites is 2. The zero-order valence-corrected chi connectivity index (χ0v) is 11.9. The summed E-state index contributed by atoms with van der Waals surface area (Å²) in [5, 5.41) is 3.55. The molecule has 1 aliphatic carbocycles. The lowest BCUT2D eigenvalue weighted by Gasteiger charge is -2.19. The van der Waals surface area contributed by atoms with Crippen molar-refractivity contribution in [2.45, 2.75) is 37.8 Å². The van der Waals surface area contributed by atoms with E-state index >= 15 is 0 Å². The van der Waals surface area contributed by atoms with Crippen LogP contribution in [0.1, 0.15) is 37.5 Å². The fourth-order valence-electron chi connectivity index (χ4n) is 3.31. The summed E-state index contributed by atoms with van der Waals surface area (Å²) < 4.78 is 8.18. The van der Waals surface area contributed by atoms with Gasteiger partial charge in [0.1, 0.15) is 5.82 Å². The van der Waals surface area contributed by atoms with Crippen molar-refractivity contribution in [1.29, 1.82) is 0 Å². The maximum Gasteiger partial charge on any atom is 0.117 e. The quantitative estimate of drug-likeness (QED) is 0.928. The molecule has 2 aromatic rings. The van der Waals surface area contributed by atoms with Crippen LogP contribution in [0.15, 0.2) is 24.3 Å². The topological polar surface area (TPSA) is 39.1 Å². The number of ether oxygens (including phenoxy) is 1. The molecule has 2 fully saturated rings. The fraction of sp³-hybridized carbons (Fsp3) is 0.562. The van der Waals surface area contributed by atoms with Crippen molar-refractivity contribution in [3.63, 3.8) is 0 Å². The van der Waals surface area contributed by atoms with Gasteiger partial charge in [0.25, 0.3) is 0 Å². The molecule has 2 unspecified atom stereocenters. The molecule has 0 amide bonds. The lowest BCUT2D eigenvalue weighted by Crippen LogP contribution is -2.35. The molecule has 2 atom stereocenters. The molecule has 4 heteroatoms. The number of nitrogens with one attached hydrogen (secondary N) is 1. The van der Waals surface area contributed by atoms with E-state index in [-0.39, 0.29) is 0 Å². The number of hydrogen-bond donors (Lipinski definition) is 1. The number of nitrogens with zero attached hydrogens (tertiary/aromatic N) is 2. The van der Waals surface area contributed by atoms with Gasteiger partial charge in [0.15, 0.2) is 0 Å². The predicted octanol–water partition coefficient (Wildman–Crippen LogP) is 2.46. The van der Waals surface area contributed by atoms with E-state index in [9.17, 15) is 0 Å². The van der Waals surface area contributed by atoms with Gasteiger partial charge in [-0.15, -0.1) is 0 Å². The smallest absolute Gasteiger partial charge is 0.117 e. The van der Waals surface area contributed by atoms with E-state index < -0.39 is 0 Å². The minimum atomic E-state index is 0.378. The summed E-state index contributed by atoms with van der Waals surface area (Å²) in [7, 11) is 0. The number of fused-ring (bicyclic) bond motifs is 1. The van der Waals surface area contributed by atoms with Crippen molar-refractivity contribution in [3.8, 4) is 0 Å². The minimum Gasteiger partial charge on any atom is -0.379 e. The number of imidazole rings is 1. The Morgan fingerprint density at radius 1 is 1.30 bits per heavy atom. The Kier molecular flexibility index (Phi) is 3.00. The van der Waals surface area contributed by atoms with Gasteiger partial charge in [-0.1, -0.05) is 19.1 Å². The minimum absolute atomic E-state index is 0.378. The molecule has 1 aromatic heterocycles. The van der Waals surface area contributed by atoms with Gasteiger partial charge in [-0.2, -0.15) is 0 Å². The summed E-state index contributed by atoms with van der Waals surface area (Å²) in [6.45, 7) is 4.72. The molecule has 4 rings (SSSR count). The zero-order valence-electron chi connectivity index (χ0n) is 11.9. The van der Waals surface area contributed by atoms with Gasteiger partial charge >= 0.3 is 0 Å². The third-order valence-corrected chi connectivity index (χ3v) is 4.41. The van der Waals surface area contributed by atoms with Crippen molar-refractivity contribution in [2.75, 3.05) is 19.8 Å². The number of rotatable bonds is 4. The average Bonchev–Trinajstić information content (AvgIpc) is 3.07. The van der Waals surface area contributed by atoms with Gasteiger partial charge in [-0.05, 0) is 31.5 Å². The van der Waals surface area contributed by atoms with Crippen LogP contribution in [-0.4, -0.2) is 35.4 Å². The summed E-state index contributed by atoms with van der Waals surface area (Å²) in [4.78, 5) is 4.93. The van der Waals surface area contributed by atoms with Gasteiger partial charge < -0.3 is 14.6 Å². The van der Waals surface area contributed by atoms with Crippen LogP contribution in [-0.2, 0) is 4.74 Å². The van der Waals surface area contributed by atoms with Crippen LogP contribution in [0.3, 0.4) is 0 Å². The molecule has 106 valence electrons. The summed E-state index contributed by atoms with van der Waals surface area (Å²) >= 11 is 0. The Morgan fingerprint density at radius 3 is 2.95 bits per heavy atom. The molecule has 1 aliphatic heterocycles. The van der Waals surface area contributed by atoms with Crippen molar-refractivity contribution in [3.05, 3.63) is 30.1 Å². The third kappa shape index (κ3) is 1.95. The molecular formula is C16H21N3O. The van der Waals surface area contributed by atoms with Crippen LogP contribution in [0, 0.1) is 0 Å². The standard InChI is InChI=1S/C16H21N3O/c1-2-17-14-10-20-9-12(14)16-18-13-5-3-4-6-15(13)19(16)11-7-8-11/h3-6,11-12,14,17H,2,7-10H2,1H3. The molecule has 1 saturated heterocycles. The Bertz CT molecular complexity index is 617. The average molecular weight is 271 g/mol. The van der Waals surface area contributed by atoms with Crippen molar-refractivity contribution in [2.24, 2.45) is 0 Å². The van der Waals surface area contributed by atoms with Gasteiger partial charge in [-0.25, -0.2) is 4.98 Å². The normalized spacial score (nSPS) is 26.4. The molecule has 1 saturated carbocycles. The number of aromatic nitrogens is 2. The van der Waals surface area contributed by atoms with E-state index in [0.29, 0.717) is 18.0 Å². The third-order valence-electron chi connectivity index (χ3n) is 4.41. The Balaban J connectivity index is 1.80. The number of likely N-dealkylation sites (N-methyl/N-ethyl adjacent to an activating group) is 1. The summed E-state index contributed by atoms with van der Waals surface area (Å²) in [6.07, 6.45) is 2.57. The molecule has 0 bridgehead atoms. The highest BCUT2D eigenvalue weighted by Crippen LogP contribution is 2.41. The van der Waals surface area contributed by atoms with Crippen molar-refractivity contribution in [1.82, 2.24) is 14.9 Å². The molecule has 0 spiro atoms. The second-order valence-corrected chi connectivity index (χ2v) is 5.87. The first-order chi connectivity index (χ1) is 9.88. The maximum absolute atomic E-state index is 5.71. The van der Waals surface area contributed by atoms with E-state index in [1.807, 2.05) is 0 Å². The maximum atomic E-state index is 5.71. The van der Waals surface area contributed by atoms with Crippen molar-refractivity contribution < 1.29 is 4.74 Å². The van der Waals surface area contributed by atoms with Gasteiger partial charge in [0.2, 0.25) is 0 Å². The van der Waals surface area contributed by atoms with Crippen LogP contribution in [0.2, 0.25) is 0 Å². The van der Waals surface area contributed by atoms with E-state index in [4.69, 9.17) is 9.72 Å². The van der Waals surface area contributed by atoms with Crippen LogP contribution >= 0.6 is 0 Å². The highest BCUT2D eigenvalue weighted by atomic mass is 16.5. The van der Waals surface area contributed by atoms with E-state index in [1.165, 1.54) is 24.2 Å².